The first kappa shape index (κ1) is 11.4. The molecule has 0 aromatic carbocycles. The standard InChI is InChI=1S/C9H17N3OS/c1-3-8(10)9-6-11-7-12(9)4-5-14(2)13/h6-8H,3-5,10H2,1-2H3/t8-,14?/m1/s1. The highest BCUT2D eigenvalue weighted by Crippen LogP contribution is 2.12. The molecular formula is C9H17N3OS. The van der Waals surface area contributed by atoms with Crippen molar-refractivity contribution in [3.63, 3.8) is 0 Å². The third-order valence-electron chi connectivity index (χ3n) is 2.18. The molecule has 5 heteroatoms. The summed E-state index contributed by atoms with van der Waals surface area (Å²) >= 11 is 0. The van der Waals surface area contributed by atoms with Gasteiger partial charge in [-0.25, -0.2) is 4.98 Å². The Morgan fingerprint density at radius 1 is 1.71 bits per heavy atom. The minimum absolute atomic E-state index is 0.0304. The molecule has 2 atom stereocenters. The van der Waals surface area contributed by atoms with Gasteiger partial charge in [0.05, 0.1) is 12.0 Å². The fourth-order valence-electron chi connectivity index (χ4n) is 1.26. The molecule has 0 amide bonds. The van der Waals surface area contributed by atoms with Crippen LogP contribution in [0.1, 0.15) is 25.1 Å². The Kier molecular flexibility index (Phi) is 4.28. The van der Waals surface area contributed by atoms with Crippen molar-refractivity contribution in [3.8, 4) is 0 Å². The van der Waals surface area contributed by atoms with Crippen LogP contribution in [0.15, 0.2) is 12.5 Å². The maximum atomic E-state index is 10.9. The molecule has 1 rings (SSSR count). The van der Waals surface area contributed by atoms with Crippen LogP contribution in [0.3, 0.4) is 0 Å². The molecule has 0 aliphatic rings. The van der Waals surface area contributed by atoms with Gasteiger partial charge in [-0.15, -0.1) is 0 Å². The van der Waals surface area contributed by atoms with Crippen LogP contribution in [-0.2, 0) is 17.3 Å². The van der Waals surface area contributed by atoms with E-state index in [1.807, 2.05) is 11.5 Å². The van der Waals surface area contributed by atoms with E-state index in [9.17, 15) is 4.21 Å². The topological polar surface area (TPSA) is 60.9 Å². The van der Waals surface area contributed by atoms with Crippen molar-refractivity contribution in [1.29, 1.82) is 0 Å². The van der Waals surface area contributed by atoms with Crippen LogP contribution in [0, 0.1) is 0 Å². The highest BCUT2D eigenvalue weighted by molar-refractivity contribution is 7.84. The third kappa shape index (κ3) is 2.92. The summed E-state index contributed by atoms with van der Waals surface area (Å²) in [6.07, 6.45) is 6.13. The minimum Gasteiger partial charge on any atom is -0.332 e. The number of aryl methyl sites for hydroxylation is 1. The number of rotatable bonds is 5. The van der Waals surface area contributed by atoms with Crippen LogP contribution in [0.4, 0.5) is 0 Å². The van der Waals surface area contributed by atoms with E-state index >= 15 is 0 Å². The van der Waals surface area contributed by atoms with Gasteiger partial charge in [0, 0.05) is 41.6 Å². The molecule has 0 radical (unpaired) electrons. The Balaban J connectivity index is 2.67. The van der Waals surface area contributed by atoms with E-state index in [2.05, 4.69) is 4.98 Å². The van der Waals surface area contributed by atoms with Crippen molar-refractivity contribution in [2.45, 2.75) is 25.9 Å². The van der Waals surface area contributed by atoms with Crippen molar-refractivity contribution < 1.29 is 4.21 Å². The predicted molar refractivity (Wildman–Crippen MR) is 58.4 cm³/mol. The molecule has 0 bridgehead atoms. The van der Waals surface area contributed by atoms with Crippen LogP contribution in [0.25, 0.3) is 0 Å². The summed E-state index contributed by atoms with van der Waals surface area (Å²) in [6.45, 7) is 2.77. The molecule has 1 heterocycles. The summed E-state index contributed by atoms with van der Waals surface area (Å²) in [4.78, 5) is 4.05. The van der Waals surface area contributed by atoms with Crippen molar-refractivity contribution in [1.82, 2.24) is 9.55 Å². The summed E-state index contributed by atoms with van der Waals surface area (Å²) in [5.74, 6) is 0.653. The third-order valence-corrected chi connectivity index (χ3v) is 2.94. The van der Waals surface area contributed by atoms with Gasteiger partial charge < -0.3 is 10.3 Å². The van der Waals surface area contributed by atoms with E-state index < -0.39 is 10.8 Å². The number of imidazole rings is 1. The summed E-state index contributed by atoms with van der Waals surface area (Å²) in [5.41, 5.74) is 6.94. The summed E-state index contributed by atoms with van der Waals surface area (Å²) in [7, 11) is -0.763. The monoisotopic (exact) mass is 215 g/mol. The molecule has 0 saturated heterocycles. The zero-order chi connectivity index (χ0) is 10.6. The zero-order valence-electron chi connectivity index (χ0n) is 8.64. The average Bonchev–Trinajstić information content (AvgIpc) is 2.61. The van der Waals surface area contributed by atoms with Gasteiger partial charge in [0.15, 0.2) is 0 Å². The van der Waals surface area contributed by atoms with E-state index in [4.69, 9.17) is 5.73 Å². The van der Waals surface area contributed by atoms with E-state index in [0.29, 0.717) is 5.75 Å². The highest BCUT2D eigenvalue weighted by Gasteiger charge is 2.09. The molecule has 1 aromatic heterocycles. The quantitative estimate of drug-likeness (QED) is 0.785. The first-order valence-corrected chi connectivity index (χ1v) is 6.43. The molecule has 0 fully saturated rings. The SMILES string of the molecule is CC[C@@H](N)c1cncn1CCS(C)=O. The van der Waals surface area contributed by atoms with Gasteiger partial charge in [0.1, 0.15) is 0 Å². The van der Waals surface area contributed by atoms with E-state index in [-0.39, 0.29) is 6.04 Å². The normalized spacial score (nSPS) is 15.4. The smallest absolute Gasteiger partial charge is 0.0948 e. The molecule has 0 saturated carbocycles. The van der Waals surface area contributed by atoms with Crippen LogP contribution in [0.5, 0.6) is 0 Å². The lowest BCUT2D eigenvalue weighted by Gasteiger charge is -2.11. The summed E-state index contributed by atoms with van der Waals surface area (Å²) in [6, 6.07) is 0.0304. The first-order valence-electron chi connectivity index (χ1n) is 4.70. The molecule has 0 aliphatic heterocycles. The largest absolute Gasteiger partial charge is 0.332 e. The van der Waals surface area contributed by atoms with Gasteiger partial charge in [0.25, 0.3) is 0 Å². The van der Waals surface area contributed by atoms with Crippen LogP contribution < -0.4 is 5.73 Å². The fourth-order valence-corrected chi connectivity index (χ4v) is 1.72. The molecule has 0 spiro atoms. The van der Waals surface area contributed by atoms with E-state index in [0.717, 1.165) is 18.7 Å². The Morgan fingerprint density at radius 2 is 2.43 bits per heavy atom. The van der Waals surface area contributed by atoms with Crippen molar-refractivity contribution >= 4 is 10.8 Å². The van der Waals surface area contributed by atoms with Gasteiger partial charge in [-0.2, -0.15) is 0 Å². The number of nitrogens with zero attached hydrogens (tertiary/aromatic N) is 2. The van der Waals surface area contributed by atoms with Gasteiger partial charge >= 0.3 is 0 Å². The van der Waals surface area contributed by atoms with Crippen molar-refractivity contribution in [3.05, 3.63) is 18.2 Å². The Morgan fingerprint density at radius 3 is 3.00 bits per heavy atom. The summed E-state index contributed by atoms with van der Waals surface area (Å²) < 4.78 is 12.9. The minimum atomic E-state index is -0.763. The Hall–Kier alpha value is -0.680. The van der Waals surface area contributed by atoms with Gasteiger partial charge in [0.2, 0.25) is 0 Å². The van der Waals surface area contributed by atoms with Gasteiger partial charge in [-0.3, -0.25) is 4.21 Å². The highest BCUT2D eigenvalue weighted by atomic mass is 32.2. The average molecular weight is 215 g/mol. The molecular weight excluding hydrogens is 198 g/mol. The number of hydrogen-bond donors (Lipinski definition) is 1. The second kappa shape index (κ2) is 5.26. The first-order chi connectivity index (χ1) is 6.65. The van der Waals surface area contributed by atoms with E-state index in [1.54, 1.807) is 18.8 Å². The predicted octanol–water partition coefficient (Wildman–Crippen LogP) is 0.671. The number of nitrogens with two attached hydrogens (primary N) is 1. The van der Waals surface area contributed by atoms with Crippen LogP contribution in [0.2, 0.25) is 0 Å². The zero-order valence-corrected chi connectivity index (χ0v) is 9.46. The maximum absolute atomic E-state index is 10.9. The van der Waals surface area contributed by atoms with Gasteiger partial charge in [-0.1, -0.05) is 6.92 Å². The molecule has 1 aromatic rings. The maximum Gasteiger partial charge on any atom is 0.0948 e. The van der Waals surface area contributed by atoms with Crippen molar-refractivity contribution in [2.75, 3.05) is 12.0 Å². The number of aromatic nitrogens is 2. The second-order valence-electron chi connectivity index (χ2n) is 3.30. The Bertz CT molecular complexity index is 311. The molecule has 2 N–H and O–H groups in total. The lowest BCUT2D eigenvalue weighted by Crippen LogP contribution is -2.16. The Labute approximate surface area is 87.0 Å². The lowest BCUT2D eigenvalue weighted by atomic mass is 10.2. The molecule has 0 aliphatic carbocycles. The molecule has 1 unspecified atom stereocenters. The van der Waals surface area contributed by atoms with Gasteiger partial charge in [-0.05, 0) is 6.42 Å². The second-order valence-corrected chi connectivity index (χ2v) is 4.86. The van der Waals surface area contributed by atoms with Crippen molar-refractivity contribution in [2.24, 2.45) is 5.73 Å². The fraction of sp³-hybridized carbons (Fsp3) is 0.667. The van der Waals surface area contributed by atoms with Crippen LogP contribution >= 0.6 is 0 Å². The summed E-state index contributed by atoms with van der Waals surface area (Å²) in [5, 5.41) is 0. The number of hydrogen-bond acceptors (Lipinski definition) is 3. The molecule has 4 nitrogen and oxygen atoms in total. The van der Waals surface area contributed by atoms with E-state index in [1.165, 1.54) is 0 Å². The molecule has 14 heavy (non-hydrogen) atoms. The van der Waals surface area contributed by atoms with Crippen LogP contribution in [-0.4, -0.2) is 25.8 Å². The lowest BCUT2D eigenvalue weighted by molar-refractivity contribution is 0.607. The molecule has 80 valence electrons.